The van der Waals surface area contributed by atoms with E-state index < -0.39 is 17.8 Å². The van der Waals surface area contributed by atoms with E-state index in [1.807, 2.05) is 0 Å². The molecule has 0 fully saturated rings. The van der Waals surface area contributed by atoms with Crippen LogP contribution in [0, 0.1) is 5.82 Å². The van der Waals surface area contributed by atoms with Crippen LogP contribution in [-0.4, -0.2) is 12.0 Å². The maximum Gasteiger partial charge on any atom is 0.265 e. The Labute approximate surface area is 135 Å². The molecule has 0 aliphatic heterocycles. The first-order valence-corrected chi connectivity index (χ1v) is 7.31. The van der Waals surface area contributed by atoms with Gasteiger partial charge in [-0.05, 0) is 49.4 Å². The van der Waals surface area contributed by atoms with Crippen molar-refractivity contribution in [3.05, 3.63) is 57.8 Å². The minimum Gasteiger partial charge on any atom is -0.481 e. The Morgan fingerprint density at radius 3 is 2.57 bits per heavy atom. The number of rotatable bonds is 4. The van der Waals surface area contributed by atoms with E-state index in [1.165, 1.54) is 12.1 Å². The van der Waals surface area contributed by atoms with Gasteiger partial charge in [0.2, 0.25) is 0 Å². The first kappa shape index (κ1) is 15.8. The van der Waals surface area contributed by atoms with Gasteiger partial charge in [-0.1, -0.05) is 27.5 Å². The molecule has 21 heavy (non-hydrogen) atoms. The molecule has 110 valence electrons. The summed E-state index contributed by atoms with van der Waals surface area (Å²) in [5.74, 6) is -0.444. The Morgan fingerprint density at radius 1 is 1.29 bits per heavy atom. The predicted molar refractivity (Wildman–Crippen MR) is 84.3 cm³/mol. The van der Waals surface area contributed by atoms with Gasteiger partial charge < -0.3 is 10.1 Å². The van der Waals surface area contributed by atoms with E-state index >= 15 is 0 Å². The average molecular weight is 373 g/mol. The van der Waals surface area contributed by atoms with Gasteiger partial charge in [0.05, 0.1) is 5.69 Å². The van der Waals surface area contributed by atoms with Crippen LogP contribution in [0.15, 0.2) is 46.9 Å². The van der Waals surface area contributed by atoms with Crippen molar-refractivity contribution in [2.45, 2.75) is 13.0 Å². The fraction of sp³-hybridized carbons (Fsp3) is 0.133. The van der Waals surface area contributed by atoms with Crippen molar-refractivity contribution in [3.8, 4) is 5.75 Å². The number of benzene rings is 2. The molecule has 3 nitrogen and oxygen atoms in total. The maximum absolute atomic E-state index is 13.6. The molecular formula is C15H12BrClFNO2. The molecule has 0 saturated heterocycles. The predicted octanol–water partition coefficient (Wildman–Crippen LogP) is 4.65. The quantitative estimate of drug-likeness (QED) is 0.848. The highest BCUT2D eigenvalue weighted by Crippen LogP contribution is 2.20. The van der Waals surface area contributed by atoms with Gasteiger partial charge in [-0.3, -0.25) is 4.79 Å². The van der Waals surface area contributed by atoms with Crippen LogP contribution in [-0.2, 0) is 4.79 Å². The molecule has 0 unspecified atom stereocenters. The summed E-state index contributed by atoms with van der Waals surface area (Å²) in [6, 6.07) is 11.0. The monoisotopic (exact) mass is 371 g/mol. The highest BCUT2D eigenvalue weighted by molar-refractivity contribution is 9.10. The van der Waals surface area contributed by atoms with Gasteiger partial charge in [0.25, 0.3) is 5.91 Å². The summed E-state index contributed by atoms with van der Waals surface area (Å²) in [6.45, 7) is 1.58. The number of ether oxygens (including phenoxy) is 1. The van der Waals surface area contributed by atoms with Crippen LogP contribution in [0.2, 0.25) is 5.02 Å². The average Bonchev–Trinajstić information content (AvgIpc) is 2.44. The minimum absolute atomic E-state index is 0.106. The molecule has 1 amide bonds. The van der Waals surface area contributed by atoms with E-state index in [2.05, 4.69) is 21.2 Å². The highest BCUT2D eigenvalue weighted by atomic mass is 79.9. The molecule has 0 radical (unpaired) electrons. The van der Waals surface area contributed by atoms with Crippen molar-refractivity contribution in [3.63, 3.8) is 0 Å². The Hall–Kier alpha value is -1.59. The van der Waals surface area contributed by atoms with Gasteiger partial charge in [0, 0.05) is 9.50 Å². The number of hydrogen-bond donors (Lipinski definition) is 1. The van der Waals surface area contributed by atoms with Crippen LogP contribution in [0.1, 0.15) is 6.92 Å². The summed E-state index contributed by atoms with van der Waals surface area (Å²) in [6.07, 6.45) is -0.769. The summed E-state index contributed by atoms with van der Waals surface area (Å²) >= 11 is 8.92. The van der Waals surface area contributed by atoms with Crippen LogP contribution in [0.25, 0.3) is 0 Å². The van der Waals surface area contributed by atoms with E-state index in [1.54, 1.807) is 37.3 Å². The second kappa shape index (κ2) is 6.91. The molecule has 0 aliphatic rings. The van der Waals surface area contributed by atoms with Gasteiger partial charge >= 0.3 is 0 Å². The lowest BCUT2D eigenvalue weighted by Crippen LogP contribution is -2.30. The zero-order valence-corrected chi connectivity index (χ0v) is 13.4. The molecule has 2 aromatic rings. The summed E-state index contributed by atoms with van der Waals surface area (Å²) in [5, 5.41) is 3.06. The lowest BCUT2D eigenvalue weighted by molar-refractivity contribution is -0.122. The second-order valence-electron chi connectivity index (χ2n) is 4.33. The third kappa shape index (κ3) is 4.44. The van der Waals surface area contributed by atoms with Gasteiger partial charge in [0.15, 0.2) is 6.10 Å². The zero-order valence-electron chi connectivity index (χ0n) is 11.1. The van der Waals surface area contributed by atoms with Gasteiger partial charge in [0.1, 0.15) is 11.6 Å². The standard InChI is InChI=1S/C15H12BrClFNO2/c1-9(21-12-5-3-11(17)4-6-12)15(20)19-14-7-2-10(16)8-13(14)18/h2-9H,1H3,(H,19,20)/t9-/m0/s1. The SMILES string of the molecule is C[C@H](Oc1ccc(Cl)cc1)C(=O)Nc1ccc(Br)cc1F. The number of carbonyl (C=O) groups excluding carboxylic acids is 1. The number of amides is 1. The molecular weight excluding hydrogens is 361 g/mol. The molecule has 0 aromatic heterocycles. The van der Waals surface area contributed by atoms with Gasteiger partial charge in [-0.2, -0.15) is 0 Å². The molecule has 2 aromatic carbocycles. The molecule has 1 N–H and O–H groups in total. The molecule has 1 atom stereocenters. The van der Waals surface area contributed by atoms with Gasteiger partial charge in [-0.15, -0.1) is 0 Å². The van der Waals surface area contributed by atoms with E-state index in [9.17, 15) is 9.18 Å². The van der Waals surface area contributed by atoms with Crippen LogP contribution in [0.4, 0.5) is 10.1 Å². The van der Waals surface area contributed by atoms with Crippen LogP contribution in [0.3, 0.4) is 0 Å². The Bertz CT molecular complexity index is 649. The normalized spacial score (nSPS) is 11.8. The largest absolute Gasteiger partial charge is 0.481 e. The molecule has 2 rings (SSSR count). The van der Waals surface area contributed by atoms with Crippen molar-refractivity contribution in [2.75, 3.05) is 5.32 Å². The Balaban J connectivity index is 2.00. The van der Waals surface area contributed by atoms with Crippen LogP contribution >= 0.6 is 27.5 Å². The number of nitrogens with one attached hydrogen (secondary N) is 1. The third-order valence-corrected chi connectivity index (χ3v) is 3.43. The summed E-state index contributed by atoms with van der Waals surface area (Å²) in [4.78, 5) is 12.0. The van der Waals surface area contributed by atoms with Crippen molar-refractivity contribution in [1.82, 2.24) is 0 Å². The molecule has 0 spiro atoms. The minimum atomic E-state index is -0.769. The highest BCUT2D eigenvalue weighted by Gasteiger charge is 2.16. The van der Waals surface area contributed by atoms with Crippen molar-refractivity contribution < 1.29 is 13.9 Å². The fourth-order valence-corrected chi connectivity index (χ4v) is 2.06. The number of carbonyl (C=O) groups is 1. The number of hydrogen-bond acceptors (Lipinski definition) is 2. The molecule has 0 heterocycles. The Morgan fingerprint density at radius 2 is 1.95 bits per heavy atom. The topological polar surface area (TPSA) is 38.3 Å². The van der Waals surface area contributed by atoms with Crippen molar-refractivity contribution in [2.24, 2.45) is 0 Å². The molecule has 0 saturated carbocycles. The van der Waals surface area contributed by atoms with Crippen LogP contribution < -0.4 is 10.1 Å². The van der Waals surface area contributed by atoms with E-state index in [-0.39, 0.29) is 5.69 Å². The lowest BCUT2D eigenvalue weighted by Gasteiger charge is -2.15. The van der Waals surface area contributed by atoms with Crippen molar-refractivity contribution >= 4 is 39.1 Å². The smallest absolute Gasteiger partial charge is 0.265 e. The molecule has 0 aliphatic carbocycles. The lowest BCUT2D eigenvalue weighted by atomic mass is 10.3. The first-order chi connectivity index (χ1) is 9.95. The molecule has 6 heteroatoms. The van der Waals surface area contributed by atoms with E-state index in [0.717, 1.165) is 0 Å². The summed E-state index contributed by atoms with van der Waals surface area (Å²) in [7, 11) is 0. The second-order valence-corrected chi connectivity index (χ2v) is 5.68. The van der Waals surface area contributed by atoms with E-state index in [4.69, 9.17) is 16.3 Å². The Kier molecular flexibility index (Phi) is 5.20. The fourth-order valence-electron chi connectivity index (χ4n) is 1.60. The summed E-state index contributed by atoms with van der Waals surface area (Å²) in [5.41, 5.74) is 0.106. The summed E-state index contributed by atoms with van der Waals surface area (Å²) < 4.78 is 19.7. The number of halogens is 3. The molecule has 0 bridgehead atoms. The third-order valence-electron chi connectivity index (χ3n) is 2.68. The van der Waals surface area contributed by atoms with E-state index in [0.29, 0.717) is 15.2 Å². The maximum atomic E-state index is 13.6. The zero-order chi connectivity index (χ0) is 15.4. The van der Waals surface area contributed by atoms with Gasteiger partial charge in [-0.25, -0.2) is 4.39 Å². The van der Waals surface area contributed by atoms with Crippen molar-refractivity contribution in [1.29, 1.82) is 0 Å². The number of anilines is 1. The first-order valence-electron chi connectivity index (χ1n) is 6.14. The van der Waals surface area contributed by atoms with Crippen LogP contribution in [0.5, 0.6) is 5.75 Å².